The van der Waals surface area contributed by atoms with Crippen LogP contribution in [0.4, 0.5) is 4.39 Å². The van der Waals surface area contributed by atoms with Crippen molar-refractivity contribution in [1.82, 2.24) is 10.2 Å². The molecular weight excluding hydrogens is 289 g/mol. The summed E-state index contributed by atoms with van der Waals surface area (Å²) in [4.78, 5) is 30.3. The number of benzene rings is 1. The highest BCUT2D eigenvalue weighted by atomic mass is 19.1. The number of carbonyl (C=O) groups excluding carboxylic acids is 2. The van der Waals surface area contributed by atoms with E-state index in [0.29, 0.717) is 11.3 Å². The van der Waals surface area contributed by atoms with Crippen LogP contribution in [0, 0.1) is 5.82 Å². The van der Waals surface area contributed by atoms with Gasteiger partial charge in [-0.2, -0.15) is 0 Å². The average molecular weight is 307 g/mol. The fourth-order valence-corrected chi connectivity index (χ4v) is 1.99. The molecule has 0 aromatic heterocycles. The summed E-state index contributed by atoms with van der Waals surface area (Å²) < 4.78 is 13.2. The van der Waals surface area contributed by atoms with E-state index in [1.54, 1.807) is 33.2 Å². The van der Waals surface area contributed by atoms with E-state index in [1.165, 1.54) is 17.0 Å². The van der Waals surface area contributed by atoms with Gasteiger partial charge in [-0.1, -0.05) is 17.3 Å². The summed E-state index contributed by atoms with van der Waals surface area (Å²) in [5, 5.41) is 6.40. The van der Waals surface area contributed by atoms with Gasteiger partial charge in [-0.15, -0.1) is 0 Å². The number of amides is 2. The van der Waals surface area contributed by atoms with Crippen molar-refractivity contribution in [1.29, 1.82) is 0 Å². The van der Waals surface area contributed by atoms with Gasteiger partial charge in [0.25, 0.3) is 5.91 Å². The lowest BCUT2D eigenvalue weighted by atomic mass is 9.95. The molecule has 118 valence electrons. The third-order valence-electron chi connectivity index (χ3n) is 3.40. The van der Waals surface area contributed by atoms with Gasteiger partial charge in [0, 0.05) is 26.1 Å². The van der Waals surface area contributed by atoms with Crippen LogP contribution in [0.25, 0.3) is 0 Å². The maximum absolute atomic E-state index is 13.2. The van der Waals surface area contributed by atoms with Crippen molar-refractivity contribution in [2.75, 3.05) is 20.6 Å². The molecule has 1 heterocycles. The topological polar surface area (TPSA) is 71.0 Å². The Kier molecular flexibility index (Phi) is 4.44. The number of hydrogen-bond donors (Lipinski definition) is 1. The second kappa shape index (κ2) is 6.13. The van der Waals surface area contributed by atoms with E-state index in [4.69, 9.17) is 4.84 Å². The van der Waals surface area contributed by atoms with Crippen LogP contribution < -0.4 is 5.32 Å². The van der Waals surface area contributed by atoms with Crippen molar-refractivity contribution in [2.45, 2.75) is 18.9 Å². The summed E-state index contributed by atoms with van der Waals surface area (Å²) in [7, 11) is 3.21. The van der Waals surface area contributed by atoms with Gasteiger partial charge in [-0.05, 0) is 19.1 Å². The van der Waals surface area contributed by atoms with E-state index in [0.717, 1.165) is 0 Å². The molecule has 0 bridgehead atoms. The van der Waals surface area contributed by atoms with Gasteiger partial charge in [0.2, 0.25) is 11.5 Å². The zero-order chi connectivity index (χ0) is 16.3. The highest BCUT2D eigenvalue weighted by Crippen LogP contribution is 2.27. The molecule has 0 saturated carbocycles. The number of nitrogens with one attached hydrogen (secondary N) is 1. The molecule has 0 saturated heterocycles. The Balaban J connectivity index is 1.99. The van der Waals surface area contributed by atoms with Crippen molar-refractivity contribution in [2.24, 2.45) is 5.16 Å². The van der Waals surface area contributed by atoms with Crippen molar-refractivity contribution in [3.63, 3.8) is 0 Å². The molecule has 0 fully saturated rings. The minimum atomic E-state index is -1.20. The third kappa shape index (κ3) is 3.41. The van der Waals surface area contributed by atoms with Crippen LogP contribution in [0.5, 0.6) is 0 Å². The molecular formula is C15H18FN3O3. The Labute approximate surface area is 127 Å². The first-order valence-corrected chi connectivity index (χ1v) is 6.81. The van der Waals surface area contributed by atoms with Gasteiger partial charge in [-0.25, -0.2) is 4.39 Å². The van der Waals surface area contributed by atoms with E-state index in [9.17, 15) is 14.0 Å². The maximum atomic E-state index is 13.2. The number of hydrogen-bond acceptors (Lipinski definition) is 4. The van der Waals surface area contributed by atoms with Crippen LogP contribution in [-0.4, -0.2) is 48.7 Å². The standard InChI is InChI=1S/C15H18FN3O3/c1-15(14(21)17-9-13(20)19(2)3)8-12(18-22-15)10-5-4-6-11(16)7-10/h4-7H,8-9H2,1-3H3,(H,17,21)/t15-/m0/s1. The normalized spacial score (nSPS) is 20.1. The summed E-state index contributed by atoms with van der Waals surface area (Å²) in [5.74, 6) is -1.03. The Hall–Kier alpha value is -2.44. The van der Waals surface area contributed by atoms with Crippen LogP contribution in [0.1, 0.15) is 18.9 Å². The van der Waals surface area contributed by atoms with E-state index in [1.807, 2.05) is 0 Å². The highest BCUT2D eigenvalue weighted by molar-refractivity contribution is 6.05. The molecule has 1 aliphatic heterocycles. The molecule has 2 amide bonds. The second-order valence-electron chi connectivity index (χ2n) is 5.52. The van der Waals surface area contributed by atoms with Gasteiger partial charge in [0.15, 0.2) is 0 Å². The molecule has 0 unspecified atom stereocenters. The second-order valence-corrected chi connectivity index (χ2v) is 5.52. The molecule has 1 aliphatic rings. The monoisotopic (exact) mass is 307 g/mol. The predicted molar refractivity (Wildman–Crippen MR) is 78.7 cm³/mol. The predicted octanol–water partition coefficient (Wildman–Crippen LogP) is 0.913. The number of nitrogens with zero attached hydrogens (tertiary/aromatic N) is 2. The molecule has 22 heavy (non-hydrogen) atoms. The summed E-state index contributed by atoms with van der Waals surface area (Å²) in [6.07, 6.45) is 0.207. The highest BCUT2D eigenvalue weighted by Gasteiger charge is 2.42. The van der Waals surface area contributed by atoms with E-state index in [-0.39, 0.29) is 24.7 Å². The number of likely N-dealkylation sites (N-methyl/N-ethyl adjacent to an activating group) is 1. The van der Waals surface area contributed by atoms with E-state index < -0.39 is 11.5 Å². The largest absolute Gasteiger partial charge is 0.379 e. The molecule has 1 aromatic carbocycles. The fourth-order valence-electron chi connectivity index (χ4n) is 1.99. The molecule has 0 aliphatic carbocycles. The summed E-state index contributed by atoms with van der Waals surface area (Å²) >= 11 is 0. The molecule has 6 nitrogen and oxygen atoms in total. The lowest BCUT2D eigenvalue weighted by Gasteiger charge is -2.20. The van der Waals surface area contributed by atoms with Gasteiger partial charge in [0.1, 0.15) is 5.82 Å². The first-order chi connectivity index (χ1) is 10.3. The molecule has 7 heteroatoms. The van der Waals surface area contributed by atoms with Crippen LogP contribution in [0.2, 0.25) is 0 Å². The van der Waals surface area contributed by atoms with Crippen LogP contribution in [-0.2, 0) is 14.4 Å². The molecule has 1 atom stereocenters. The lowest BCUT2D eigenvalue weighted by Crippen LogP contribution is -2.47. The Morgan fingerprint density at radius 3 is 2.82 bits per heavy atom. The summed E-state index contributed by atoms with van der Waals surface area (Å²) in [5.41, 5.74) is -0.134. The number of halogens is 1. The number of rotatable bonds is 4. The number of carbonyl (C=O) groups is 2. The molecule has 2 rings (SSSR count). The van der Waals surface area contributed by atoms with Crippen molar-refractivity contribution >= 4 is 17.5 Å². The SMILES string of the molecule is CN(C)C(=O)CNC(=O)[C@]1(C)CC(c2cccc(F)c2)=NO1. The Morgan fingerprint density at radius 1 is 1.45 bits per heavy atom. The first kappa shape index (κ1) is 15.9. The van der Waals surface area contributed by atoms with E-state index in [2.05, 4.69) is 10.5 Å². The molecule has 1 N–H and O–H groups in total. The molecule has 1 aromatic rings. The number of oxime groups is 1. The van der Waals surface area contributed by atoms with Crippen LogP contribution >= 0.6 is 0 Å². The summed E-state index contributed by atoms with van der Waals surface area (Å²) in [6.45, 7) is 1.47. The van der Waals surface area contributed by atoms with Crippen LogP contribution in [0.15, 0.2) is 29.4 Å². The Bertz CT molecular complexity index is 630. The first-order valence-electron chi connectivity index (χ1n) is 6.81. The van der Waals surface area contributed by atoms with Gasteiger partial charge >= 0.3 is 0 Å². The minimum absolute atomic E-state index is 0.111. The van der Waals surface area contributed by atoms with E-state index >= 15 is 0 Å². The van der Waals surface area contributed by atoms with Crippen molar-refractivity contribution in [3.8, 4) is 0 Å². The summed E-state index contributed by atoms with van der Waals surface area (Å²) in [6, 6.07) is 5.93. The smallest absolute Gasteiger partial charge is 0.267 e. The molecule has 0 radical (unpaired) electrons. The van der Waals surface area contributed by atoms with Gasteiger partial charge in [-0.3, -0.25) is 9.59 Å². The van der Waals surface area contributed by atoms with Gasteiger partial charge < -0.3 is 15.1 Å². The van der Waals surface area contributed by atoms with Crippen LogP contribution in [0.3, 0.4) is 0 Å². The maximum Gasteiger partial charge on any atom is 0.267 e. The minimum Gasteiger partial charge on any atom is -0.379 e. The quantitative estimate of drug-likeness (QED) is 0.899. The average Bonchev–Trinajstić information content (AvgIpc) is 2.88. The van der Waals surface area contributed by atoms with Crippen molar-refractivity contribution < 1.29 is 18.8 Å². The third-order valence-corrected chi connectivity index (χ3v) is 3.40. The Morgan fingerprint density at radius 2 is 2.18 bits per heavy atom. The zero-order valence-electron chi connectivity index (χ0n) is 12.7. The fraction of sp³-hybridized carbons (Fsp3) is 0.400. The lowest BCUT2D eigenvalue weighted by molar-refractivity contribution is -0.143. The molecule has 0 spiro atoms. The zero-order valence-corrected chi connectivity index (χ0v) is 12.7. The van der Waals surface area contributed by atoms with Crippen molar-refractivity contribution in [3.05, 3.63) is 35.6 Å². The van der Waals surface area contributed by atoms with Gasteiger partial charge in [0.05, 0.1) is 12.3 Å².